The van der Waals surface area contributed by atoms with Crippen LogP contribution in [0.4, 0.5) is 0 Å². The van der Waals surface area contributed by atoms with Gasteiger partial charge in [0.2, 0.25) is 0 Å². The van der Waals surface area contributed by atoms with Crippen LogP contribution in [0.3, 0.4) is 0 Å². The summed E-state index contributed by atoms with van der Waals surface area (Å²) < 4.78 is 14.4. The van der Waals surface area contributed by atoms with Crippen LogP contribution in [0, 0.1) is 0 Å². The average Bonchev–Trinajstić information content (AvgIpc) is 2.93. The highest BCUT2D eigenvalue weighted by Crippen LogP contribution is 2.22. The lowest BCUT2D eigenvalue weighted by Crippen LogP contribution is -2.35. The highest BCUT2D eigenvalue weighted by molar-refractivity contribution is 5.64. The molecule has 5 aromatic rings. The molecule has 5 rings (SSSR count). The van der Waals surface area contributed by atoms with Gasteiger partial charge in [-0.3, -0.25) is 0 Å². The number of aromatic nitrogens is 4. The lowest BCUT2D eigenvalue weighted by Gasteiger charge is -2.05. The molecule has 0 saturated carbocycles. The molecule has 0 radical (unpaired) electrons. The van der Waals surface area contributed by atoms with E-state index in [4.69, 9.17) is 14.5 Å². The maximum Gasteiger partial charge on any atom is 0.351 e. The van der Waals surface area contributed by atoms with Crippen LogP contribution in [0.5, 0.6) is 11.5 Å². The number of nitrogens with zero attached hydrogens (tertiary/aromatic N) is 4. The van der Waals surface area contributed by atoms with Gasteiger partial charge in [0.15, 0.2) is 0 Å². The van der Waals surface area contributed by atoms with E-state index in [0.29, 0.717) is 0 Å². The minimum absolute atomic E-state index is 0.741. The van der Waals surface area contributed by atoms with E-state index in [-0.39, 0.29) is 0 Å². The first kappa shape index (κ1) is 21.3. The number of ether oxygens (including phenoxy) is 2. The fourth-order valence-electron chi connectivity index (χ4n) is 3.70. The molecule has 0 aliphatic carbocycles. The Balaban J connectivity index is 1.36. The smallest absolute Gasteiger partial charge is 0.351 e. The van der Waals surface area contributed by atoms with Crippen LogP contribution in [0.25, 0.3) is 33.9 Å². The molecule has 3 aromatic heterocycles. The largest absolute Gasteiger partial charge is 0.497 e. The summed E-state index contributed by atoms with van der Waals surface area (Å²) in [5, 5.41) is 0. The van der Waals surface area contributed by atoms with Gasteiger partial charge in [0.25, 0.3) is 0 Å². The van der Waals surface area contributed by atoms with E-state index in [9.17, 15) is 0 Å². The monoisotopic (exact) mass is 448 g/mol. The molecule has 34 heavy (non-hydrogen) atoms. The normalized spacial score (nSPS) is 10.6. The van der Waals surface area contributed by atoms with Crippen molar-refractivity contribution in [3.8, 4) is 45.4 Å². The number of methoxy groups -OCH3 is 2. The molecule has 0 aliphatic rings. The number of hydrogen-bond donors (Lipinski definition) is 0. The molecule has 0 amide bonds. The Kier molecular flexibility index (Phi) is 5.95. The molecule has 2 aromatic carbocycles. The van der Waals surface area contributed by atoms with Crippen molar-refractivity contribution in [2.24, 2.45) is 0 Å². The molecule has 0 N–H and O–H groups in total. The number of rotatable bonds is 6. The summed E-state index contributed by atoms with van der Waals surface area (Å²) in [5.41, 5.74) is 4.48. The summed E-state index contributed by atoms with van der Waals surface area (Å²) in [5.74, 6) is 3.17. The van der Waals surface area contributed by atoms with Crippen molar-refractivity contribution in [3.05, 3.63) is 110 Å². The van der Waals surface area contributed by atoms with E-state index in [1.54, 1.807) is 26.6 Å². The second kappa shape index (κ2) is 9.50. The second-order valence-electron chi connectivity index (χ2n) is 7.68. The van der Waals surface area contributed by atoms with E-state index in [1.807, 2.05) is 82.5 Å². The van der Waals surface area contributed by atoms with Crippen LogP contribution >= 0.6 is 0 Å². The highest BCUT2D eigenvalue weighted by atomic mass is 16.5. The van der Waals surface area contributed by atoms with Gasteiger partial charge in [0, 0.05) is 4.98 Å². The van der Waals surface area contributed by atoms with E-state index < -0.39 is 0 Å². The zero-order valence-electron chi connectivity index (χ0n) is 19.0. The van der Waals surface area contributed by atoms with Crippen molar-refractivity contribution in [1.29, 1.82) is 0 Å². The summed E-state index contributed by atoms with van der Waals surface area (Å²) >= 11 is 0. The zero-order valence-corrected chi connectivity index (χ0v) is 19.0. The van der Waals surface area contributed by atoms with Crippen molar-refractivity contribution in [2.75, 3.05) is 14.2 Å². The van der Waals surface area contributed by atoms with Gasteiger partial charge in [0.05, 0.1) is 39.0 Å². The summed E-state index contributed by atoms with van der Waals surface area (Å²) in [6, 6.07) is 24.3. The molecule has 6 nitrogen and oxygen atoms in total. The van der Waals surface area contributed by atoms with Gasteiger partial charge in [0.1, 0.15) is 23.9 Å². The predicted octanol–water partition coefficient (Wildman–Crippen LogP) is 4.38. The standard InChI is InChI=1S/C28H24N4O2/c1-33-25-7-3-21(4-8-25)23-11-15-31(16-12-23)27-19-29-20-28(30-27)32-17-13-24(14-18-32)22-5-9-26(34-2)10-6-22/h3-20H,1-2H3/q+2. The third-order valence-corrected chi connectivity index (χ3v) is 5.64. The molecular formula is C28H24N4O2+2. The number of hydrogen-bond acceptors (Lipinski definition) is 4. The Morgan fingerprint density at radius 2 is 0.853 bits per heavy atom. The second-order valence-corrected chi connectivity index (χ2v) is 7.68. The molecule has 0 unspecified atom stereocenters. The van der Waals surface area contributed by atoms with Gasteiger partial charge >= 0.3 is 11.6 Å². The summed E-state index contributed by atoms with van der Waals surface area (Å²) in [6.07, 6.45) is 11.5. The molecule has 0 bridgehead atoms. The van der Waals surface area contributed by atoms with Crippen molar-refractivity contribution in [2.45, 2.75) is 0 Å². The first-order chi connectivity index (χ1) is 16.7. The van der Waals surface area contributed by atoms with Gasteiger partial charge in [-0.05, 0) is 70.8 Å². The molecule has 0 saturated heterocycles. The number of benzene rings is 2. The van der Waals surface area contributed by atoms with Gasteiger partial charge in [-0.1, -0.05) is 24.3 Å². The first-order valence-corrected chi connectivity index (χ1v) is 10.9. The van der Waals surface area contributed by atoms with Crippen LogP contribution in [-0.2, 0) is 0 Å². The lowest BCUT2D eigenvalue weighted by molar-refractivity contribution is -0.612. The Bertz CT molecular complexity index is 1280. The average molecular weight is 449 g/mol. The van der Waals surface area contributed by atoms with Gasteiger partial charge in [-0.15, -0.1) is 0 Å². The van der Waals surface area contributed by atoms with Crippen LogP contribution in [0.1, 0.15) is 0 Å². The van der Waals surface area contributed by atoms with Gasteiger partial charge in [-0.25, -0.2) is 14.1 Å². The van der Waals surface area contributed by atoms with Crippen molar-refractivity contribution in [3.63, 3.8) is 0 Å². The van der Waals surface area contributed by atoms with Crippen molar-refractivity contribution < 1.29 is 18.6 Å². The van der Waals surface area contributed by atoms with E-state index in [2.05, 4.69) is 29.2 Å². The van der Waals surface area contributed by atoms with Crippen LogP contribution in [0.15, 0.2) is 110 Å². The Labute approximate surface area is 198 Å². The fourth-order valence-corrected chi connectivity index (χ4v) is 3.70. The summed E-state index contributed by atoms with van der Waals surface area (Å²) in [7, 11) is 3.34. The molecule has 0 fully saturated rings. The van der Waals surface area contributed by atoms with Crippen LogP contribution < -0.4 is 18.6 Å². The third kappa shape index (κ3) is 4.47. The molecule has 6 heteroatoms. The van der Waals surface area contributed by atoms with Crippen molar-refractivity contribution in [1.82, 2.24) is 9.97 Å². The summed E-state index contributed by atoms with van der Waals surface area (Å²) in [4.78, 5) is 9.20. The first-order valence-electron chi connectivity index (χ1n) is 10.9. The van der Waals surface area contributed by atoms with E-state index in [0.717, 1.165) is 45.4 Å². The highest BCUT2D eigenvalue weighted by Gasteiger charge is 2.15. The van der Waals surface area contributed by atoms with E-state index in [1.165, 1.54) is 0 Å². The molecule has 0 aliphatic heterocycles. The molecular weight excluding hydrogens is 424 g/mol. The number of pyridine rings is 2. The quantitative estimate of drug-likeness (QED) is 0.362. The summed E-state index contributed by atoms with van der Waals surface area (Å²) in [6.45, 7) is 0. The minimum Gasteiger partial charge on any atom is -0.497 e. The van der Waals surface area contributed by atoms with Crippen molar-refractivity contribution >= 4 is 0 Å². The third-order valence-electron chi connectivity index (χ3n) is 5.64. The van der Waals surface area contributed by atoms with E-state index >= 15 is 0 Å². The Hall–Kier alpha value is -4.58. The van der Waals surface area contributed by atoms with Gasteiger partial charge in [-0.2, -0.15) is 0 Å². The Morgan fingerprint density at radius 1 is 0.500 bits per heavy atom. The molecule has 166 valence electrons. The maximum absolute atomic E-state index is 5.24. The van der Waals surface area contributed by atoms with Crippen LogP contribution in [-0.4, -0.2) is 24.2 Å². The molecule has 0 atom stereocenters. The Morgan fingerprint density at radius 3 is 1.21 bits per heavy atom. The minimum atomic E-state index is 0.741. The molecule has 3 heterocycles. The van der Waals surface area contributed by atoms with Crippen LogP contribution in [0.2, 0.25) is 0 Å². The zero-order chi connectivity index (χ0) is 23.3. The van der Waals surface area contributed by atoms with Gasteiger partial charge < -0.3 is 9.47 Å². The topological polar surface area (TPSA) is 52.0 Å². The maximum atomic E-state index is 5.24. The molecule has 0 spiro atoms. The SMILES string of the molecule is COc1ccc(-c2cc[n+](-c3cncc(-[n+]4ccc(-c5ccc(OC)cc5)cc4)n3)cc2)cc1. The lowest BCUT2D eigenvalue weighted by atomic mass is 10.1. The predicted molar refractivity (Wildman–Crippen MR) is 129 cm³/mol. The fraction of sp³-hybridized carbons (Fsp3) is 0.0714.